The Bertz CT molecular complexity index is 664. The second-order valence-corrected chi connectivity index (χ2v) is 5.82. The van der Waals surface area contributed by atoms with Gasteiger partial charge in [0.25, 0.3) is 11.8 Å². The molecule has 130 valence electrons. The van der Waals surface area contributed by atoms with Crippen molar-refractivity contribution in [1.82, 2.24) is 9.80 Å². The first-order valence-corrected chi connectivity index (χ1v) is 7.38. The van der Waals surface area contributed by atoms with Crippen molar-refractivity contribution < 1.29 is 28.6 Å². The van der Waals surface area contributed by atoms with Gasteiger partial charge < -0.3 is 19.6 Å². The molecule has 2 rings (SSSR count). The van der Waals surface area contributed by atoms with Crippen LogP contribution in [-0.2, 0) is 9.59 Å². The lowest BCUT2D eigenvalue weighted by Gasteiger charge is -2.19. The van der Waals surface area contributed by atoms with E-state index in [4.69, 9.17) is 9.84 Å². The van der Waals surface area contributed by atoms with Crippen LogP contribution in [0.15, 0.2) is 24.3 Å². The van der Waals surface area contributed by atoms with E-state index < -0.39 is 24.1 Å². The molecule has 8 heteroatoms. The predicted molar refractivity (Wildman–Crippen MR) is 82.6 cm³/mol. The Balaban J connectivity index is 2.13. The second kappa shape index (κ2) is 6.86. The number of para-hydroxylation sites is 1. The molecule has 1 aromatic carbocycles. The fraction of sp³-hybridized carbons (Fsp3) is 0.438. The molecule has 2 amide bonds. The van der Waals surface area contributed by atoms with Crippen LogP contribution in [0.1, 0.15) is 16.8 Å². The minimum atomic E-state index is -2.42. The van der Waals surface area contributed by atoms with Crippen molar-refractivity contribution in [3.05, 3.63) is 29.8 Å². The number of ether oxygens (including phenoxy) is 1. The molecule has 0 saturated carbocycles. The number of carbonyl (C=O) groups excluding carboxylic acids is 2. The normalized spacial score (nSPS) is 19.9. The maximum Gasteiger partial charge on any atom is 0.343 e. The number of hydrogen-bond donors (Lipinski definition) is 1. The number of carbonyl (C=O) groups is 3. The molecule has 1 aromatic rings. The topological polar surface area (TPSA) is 87.2 Å². The standard InChI is InChI=1S/C16H19FN2O5/c1-18(2)13(20)9-24-12-6-4-3-5-11(12)14(21)19-8-7-16(17,10-19)15(22)23/h3-6H,7-10H2,1-2H3,(H,22,23). The van der Waals surface area contributed by atoms with Crippen LogP contribution in [0, 0.1) is 0 Å². The molecule has 0 aliphatic carbocycles. The third kappa shape index (κ3) is 3.64. The molecule has 0 bridgehead atoms. The summed E-state index contributed by atoms with van der Waals surface area (Å²) in [6, 6.07) is 6.29. The van der Waals surface area contributed by atoms with Gasteiger partial charge in [-0.05, 0) is 12.1 Å². The number of halogens is 1. The molecular formula is C16H19FN2O5. The summed E-state index contributed by atoms with van der Waals surface area (Å²) in [5.74, 6) is -2.17. The first-order chi connectivity index (χ1) is 11.2. The van der Waals surface area contributed by atoms with Gasteiger partial charge in [-0.1, -0.05) is 12.1 Å². The molecule has 1 N–H and O–H groups in total. The predicted octanol–water partition coefficient (Wildman–Crippen LogP) is 0.792. The van der Waals surface area contributed by atoms with Crippen LogP contribution in [0.5, 0.6) is 5.75 Å². The van der Waals surface area contributed by atoms with Crippen LogP contribution >= 0.6 is 0 Å². The summed E-state index contributed by atoms with van der Waals surface area (Å²) >= 11 is 0. The zero-order chi connectivity index (χ0) is 17.9. The lowest BCUT2D eigenvalue weighted by molar-refractivity contribution is -0.149. The Hall–Kier alpha value is -2.64. The largest absolute Gasteiger partial charge is 0.483 e. The monoisotopic (exact) mass is 338 g/mol. The van der Waals surface area contributed by atoms with Crippen molar-refractivity contribution in [2.24, 2.45) is 0 Å². The van der Waals surface area contributed by atoms with Crippen molar-refractivity contribution in [3.63, 3.8) is 0 Å². The number of alkyl halides is 1. The molecule has 0 spiro atoms. The summed E-state index contributed by atoms with van der Waals surface area (Å²) in [5, 5.41) is 8.91. The van der Waals surface area contributed by atoms with Gasteiger partial charge >= 0.3 is 5.97 Å². The number of carboxylic acid groups (broad SMARTS) is 1. The minimum absolute atomic E-state index is 0.00654. The van der Waals surface area contributed by atoms with Gasteiger partial charge in [0.2, 0.25) is 5.67 Å². The van der Waals surface area contributed by atoms with Gasteiger partial charge in [0, 0.05) is 27.1 Å². The number of benzene rings is 1. The number of aliphatic carboxylic acids is 1. The highest BCUT2D eigenvalue weighted by Crippen LogP contribution is 2.29. The van der Waals surface area contributed by atoms with E-state index in [1.54, 1.807) is 26.2 Å². The average Bonchev–Trinajstić information content (AvgIpc) is 2.96. The van der Waals surface area contributed by atoms with E-state index in [9.17, 15) is 18.8 Å². The van der Waals surface area contributed by atoms with E-state index in [2.05, 4.69) is 0 Å². The molecule has 7 nitrogen and oxygen atoms in total. The summed E-state index contributed by atoms with van der Waals surface area (Å²) < 4.78 is 19.5. The summed E-state index contributed by atoms with van der Waals surface area (Å²) in [5.41, 5.74) is -2.26. The second-order valence-electron chi connectivity index (χ2n) is 5.82. The highest BCUT2D eigenvalue weighted by molar-refractivity contribution is 5.98. The zero-order valence-electron chi connectivity index (χ0n) is 13.5. The summed E-state index contributed by atoms with van der Waals surface area (Å²) in [4.78, 5) is 37.6. The molecule has 0 radical (unpaired) electrons. The molecule has 24 heavy (non-hydrogen) atoms. The lowest BCUT2D eigenvalue weighted by atomic mass is 10.1. The van der Waals surface area contributed by atoms with E-state index in [1.165, 1.54) is 17.0 Å². The Morgan fingerprint density at radius 3 is 2.58 bits per heavy atom. The highest BCUT2D eigenvalue weighted by Gasteiger charge is 2.47. The number of likely N-dealkylation sites (N-methyl/N-ethyl adjacent to an activating group) is 1. The number of nitrogens with zero attached hydrogens (tertiary/aromatic N) is 2. The maximum absolute atomic E-state index is 14.1. The van der Waals surface area contributed by atoms with Crippen molar-refractivity contribution in [2.75, 3.05) is 33.8 Å². The Morgan fingerprint density at radius 2 is 2.00 bits per heavy atom. The zero-order valence-corrected chi connectivity index (χ0v) is 13.5. The number of amides is 2. The Morgan fingerprint density at radius 1 is 1.33 bits per heavy atom. The molecule has 1 fully saturated rings. The quantitative estimate of drug-likeness (QED) is 0.858. The summed E-state index contributed by atoms with van der Waals surface area (Å²) in [7, 11) is 3.17. The van der Waals surface area contributed by atoms with Crippen molar-refractivity contribution in [2.45, 2.75) is 12.1 Å². The van der Waals surface area contributed by atoms with Gasteiger partial charge in [-0.25, -0.2) is 9.18 Å². The fourth-order valence-electron chi connectivity index (χ4n) is 2.33. The third-order valence-corrected chi connectivity index (χ3v) is 3.86. The Kier molecular flexibility index (Phi) is 5.06. The smallest absolute Gasteiger partial charge is 0.343 e. The van der Waals surface area contributed by atoms with Crippen LogP contribution in [0.4, 0.5) is 4.39 Å². The SMILES string of the molecule is CN(C)C(=O)COc1ccccc1C(=O)N1CCC(F)(C(=O)O)C1. The molecule has 1 aliphatic heterocycles. The molecule has 1 unspecified atom stereocenters. The number of carboxylic acids is 1. The summed E-state index contributed by atoms with van der Waals surface area (Å²) in [6.45, 7) is -0.738. The van der Waals surface area contributed by atoms with Gasteiger partial charge in [0.15, 0.2) is 6.61 Å². The highest BCUT2D eigenvalue weighted by atomic mass is 19.1. The van der Waals surface area contributed by atoms with E-state index in [-0.39, 0.29) is 36.8 Å². The van der Waals surface area contributed by atoms with Gasteiger partial charge in [-0.2, -0.15) is 0 Å². The van der Waals surface area contributed by atoms with Crippen LogP contribution in [0.25, 0.3) is 0 Å². The van der Waals surface area contributed by atoms with Gasteiger partial charge in [0.05, 0.1) is 12.1 Å². The Labute approximate surface area is 138 Å². The van der Waals surface area contributed by atoms with Crippen molar-refractivity contribution in [3.8, 4) is 5.75 Å². The van der Waals surface area contributed by atoms with Crippen LogP contribution in [0.2, 0.25) is 0 Å². The molecule has 1 heterocycles. The summed E-state index contributed by atoms with van der Waals surface area (Å²) in [6.07, 6.45) is -0.254. The number of likely N-dealkylation sites (tertiary alicyclic amines) is 1. The lowest BCUT2D eigenvalue weighted by Crippen LogP contribution is -2.39. The van der Waals surface area contributed by atoms with Crippen LogP contribution in [0.3, 0.4) is 0 Å². The molecule has 1 aliphatic rings. The molecule has 1 saturated heterocycles. The average molecular weight is 338 g/mol. The van der Waals surface area contributed by atoms with E-state index in [1.807, 2.05) is 0 Å². The molecule has 0 aromatic heterocycles. The van der Waals surface area contributed by atoms with E-state index >= 15 is 0 Å². The van der Waals surface area contributed by atoms with Crippen LogP contribution < -0.4 is 4.74 Å². The first-order valence-electron chi connectivity index (χ1n) is 7.38. The van der Waals surface area contributed by atoms with Gasteiger partial charge in [-0.15, -0.1) is 0 Å². The van der Waals surface area contributed by atoms with E-state index in [0.717, 1.165) is 4.90 Å². The van der Waals surface area contributed by atoms with Crippen molar-refractivity contribution >= 4 is 17.8 Å². The van der Waals surface area contributed by atoms with E-state index in [0.29, 0.717) is 0 Å². The van der Waals surface area contributed by atoms with Gasteiger partial charge in [-0.3, -0.25) is 9.59 Å². The fourth-order valence-corrected chi connectivity index (χ4v) is 2.33. The number of hydrogen-bond acceptors (Lipinski definition) is 4. The first kappa shape index (κ1) is 17.7. The third-order valence-electron chi connectivity index (χ3n) is 3.86. The van der Waals surface area contributed by atoms with Gasteiger partial charge in [0.1, 0.15) is 5.75 Å². The molecular weight excluding hydrogens is 319 g/mol. The van der Waals surface area contributed by atoms with Crippen molar-refractivity contribution in [1.29, 1.82) is 0 Å². The number of rotatable bonds is 5. The maximum atomic E-state index is 14.1. The molecule has 1 atom stereocenters. The minimum Gasteiger partial charge on any atom is -0.483 e. The van der Waals surface area contributed by atoms with Crippen LogP contribution in [-0.4, -0.2) is 72.2 Å².